The Kier molecular flexibility index (Phi) is 6.80. The normalized spacial score (nSPS) is 20.4. The van der Waals surface area contributed by atoms with Crippen LogP contribution in [0.25, 0.3) is 0 Å². The number of nitrogens with zero attached hydrogens (tertiary/aromatic N) is 1. The molecule has 1 unspecified atom stereocenters. The minimum atomic E-state index is -1.21. The predicted molar refractivity (Wildman–Crippen MR) is 88.3 cm³/mol. The van der Waals surface area contributed by atoms with Crippen molar-refractivity contribution in [2.75, 3.05) is 6.61 Å². The van der Waals surface area contributed by atoms with E-state index >= 15 is 0 Å². The van der Waals surface area contributed by atoms with E-state index in [0.717, 1.165) is 0 Å². The van der Waals surface area contributed by atoms with Crippen LogP contribution in [-0.2, 0) is 19.1 Å². The van der Waals surface area contributed by atoms with Crippen LogP contribution >= 0.6 is 0 Å². The number of hydrogen-bond donors (Lipinski definition) is 2. The first-order chi connectivity index (χ1) is 11.5. The lowest BCUT2D eigenvalue weighted by atomic mass is 10.0. The summed E-state index contributed by atoms with van der Waals surface area (Å²) in [6.45, 7) is 10.6. The van der Waals surface area contributed by atoms with Crippen molar-refractivity contribution in [1.82, 2.24) is 10.7 Å². The molecule has 0 radical (unpaired) electrons. The first kappa shape index (κ1) is 20.8. The van der Waals surface area contributed by atoms with Gasteiger partial charge in [0.15, 0.2) is 12.3 Å². The van der Waals surface area contributed by atoms with Gasteiger partial charge in [0, 0.05) is 0 Å². The topological polar surface area (TPSA) is 103 Å². The van der Waals surface area contributed by atoms with Gasteiger partial charge in [0.2, 0.25) is 0 Å². The highest BCUT2D eigenvalue weighted by Crippen LogP contribution is 2.20. The minimum Gasteiger partial charge on any atom is -0.444 e. The Hall–Kier alpha value is -2.29. The van der Waals surface area contributed by atoms with Gasteiger partial charge < -0.3 is 14.8 Å². The number of rotatable bonds is 5. The van der Waals surface area contributed by atoms with Crippen molar-refractivity contribution >= 4 is 18.1 Å². The summed E-state index contributed by atoms with van der Waals surface area (Å²) in [6, 6.07) is -1.01. The molecule has 0 aromatic carbocycles. The van der Waals surface area contributed by atoms with Crippen molar-refractivity contribution in [2.45, 2.75) is 59.6 Å². The fourth-order valence-electron chi connectivity index (χ4n) is 2.17. The Bertz CT molecular complexity index is 530. The van der Waals surface area contributed by atoms with Crippen molar-refractivity contribution < 1.29 is 33.5 Å². The van der Waals surface area contributed by atoms with E-state index in [-0.39, 0.29) is 12.5 Å². The number of amides is 3. The third kappa shape index (κ3) is 5.63. The standard InChI is InChI=1S/C16H27N3O6/c1-7-23-15(22)19(17-8-9-24-19)13(20)12(10-11(2)3)18-14(21)25-16(4,5)6/h8-9,11-12,17H,7,10H2,1-6H3/p+1/t12-,19?/m0/s1. The van der Waals surface area contributed by atoms with Crippen LogP contribution in [0.1, 0.15) is 48.0 Å². The molecule has 25 heavy (non-hydrogen) atoms. The summed E-state index contributed by atoms with van der Waals surface area (Å²) in [7, 11) is 0. The van der Waals surface area contributed by atoms with Crippen LogP contribution in [0.5, 0.6) is 0 Å². The van der Waals surface area contributed by atoms with E-state index in [1.54, 1.807) is 27.7 Å². The molecule has 142 valence electrons. The molecule has 0 aliphatic carbocycles. The zero-order valence-electron chi connectivity index (χ0n) is 15.6. The Labute approximate surface area is 147 Å². The van der Waals surface area contributed by atoms with E-state index in [4.69, 9.17) is 14.3 Å². The van der Waals surface area contributed by atoms with Crippen molar-refractivity contribution in [1.29, 1.82) is 0 Å². The van der Waals surface area contributed by atoms with Gasteiger partial charge in [-0.15, -0.1) is 0 Å². The molecule has 2 N–H and O–H groups in total. The SMILES string of the molecule is CCOC(=O)[N+]1(C(=O)[C@H](CC(C)C)NC(=O)OC(C)(C)C)NC=CO1. The first-order valence-electron chi connectivity index (χ1n) is 8.23. The highest BCUT2D eigenvalue weighted by Gasteiger charge is 2.56. The predicted octanol–water partition coefficient (Wildman–Crippen LogP) is 2.35. The van der Waals surface area contributed by atoms with Gasteiger partial charge in [-0.3, -0.25) is 4.84 Å². The lowest BCUT2D eigenvalue weighted by Crippen LogP contribution is -2.66. The molecule has 1 rings (SSSR count). The smallest absolute Gasteiger partial charge is 0.444 e. The molecular formula is C16H28N3O6+. The third-order valence-electron chi connectivity index (χ3n) is 3.07. The van der Waals surface area contributed by atoms with Crippen LogP contribution < -0.4 is 10.7 Å². The zero-order chi connectivity index (χ0) is 19.3. The van der Waals surface area contributed by atoms with Gasteiger partial charge in [0.25, 0.3) is 0 Å². The summed E-state index contributed by atoms with van der Waals surface area (Å²) in [5, 5.41) is 2.52. The number of nitrogens with one attached hydrogen (secondary N) is 2. The van der Waals surface area contributed by atoms with Crippen molar-refractivity contribution in [3.63, 3.8) is 0 Å². The van der Waals surface area contributed by atoms with Gasteiger partial charge in [-0.2, -0.15) is 10.2 Å². The number of hydroxylamine groups is 2. The zero-order valence-corrected chi connectivity index (χ0v) is 15.6. The molecule has 0 saturated heterocycles. The molecular weight excluding hydrogens is 330 g/mol. The summed E-state index contributed by atoms with van der Waals surface area (Å²) in [4.78, 5) is 42.5. The number of quaternary nitrogens is 1. The second kappa shape index (κ2) is 8.19. The molecule has 0 saturated carbocycles. The maximum Gasteiger partial charge on any atom is 0.594 e. The Morgan fingerprint density at radius 2 is 1.92 bits per heavy atom. The van der Waals surface area contributed by atoms with E-state index in [0.29, 0.717) is 6.42 Å². The molecule has 0 spiro atoms. The number of carbonyl (C=O) groups excluding carboxylic acids is 3. The number of hydrogen-bond acceptors (Lipinski definition) is 7. The molecule has 3 amide bonds. The molecule has 1 aliphatic rings. The summed E-state index contributed by atoms with van der Waals surface area (Å²) in [5.41, 5.74) is 1.83. The lowest BCUT2D eigenvalue weighted by Gasteiger charge is -2.28. The van der Waals surface area contributed by atoms with Crippen LogP contribution in [0.3, 0.4) is 0 Å². The van der Waals surface area contributed by atoms with E-state index in [2.05, 4.69) is 10.7 Å². The Balaban J connectivity index is 3.01. The second-order valence-corrected chi connectivity index (χ2v) is 7.01. The number of imide groups is 1. The number of alkyl carbamates (subject to hydrolysis) is 1. The Morgan fingerprint density at radius 1 is 1.28 bits per heavy atom. The first-order valence-corrected chi connectivity index (χ1v) is 8.23. The van der Waals surface area contributed by atoms with Gasteiger partial charge in [0.05, 0.1) is 12.8 Å². The molecule has 9 nitrogen and oxygen atoms in total. The van der Waals surface area contributed by atoms with Gasteiger partial charge >= 0.3 is 18.1 Å². The van der Waals surface area contributed by atoms with Crippen molar-refractivity contribution in [3.05, 3.63) is 12.5 Å². The monoisotopic (exact) mass is 358 g/mol. The fourth-order valence-corrected chi connectivity index (χ4v) is 2.17. The number of carbonyl (C=O) groups is 3. The van der Waals surface area contributed by atoms with Crippen LogP contribution in [0.2, 0.25) is 0 Å². The second-order valence-electron chi connectivity index (χ2n) is 7.01. The molecule has 1 heterocycles. The summed E-state index contributed by atoms with van der Waals surface area (Å²) in [5.74, 6) is -0.635. The Morgan fingerprint density at radius 3 is 2.36 bits per heavy atom. The van der Waals surface area contributed by atoms with Gasteiger partial charge in [0.1, 0.15) is 10.4 Å². The third-order valence-corrected chi connectivity index (χ3v) is 3.07. The molecule has 2 atom stereocenters. The quantitative estimate of drug-likeness (QED) is 0.727. The lowest BCUT2D eigenvalue weighted by molar-refractivity contribution is -0.995. The molecule has 0 aromatic rings. The molecule has 0 aromatic heterocycles. The molecule has 9 heteroatoms. The summed E-state index contributed by atoms with van der Waals surface area (Å²) in [6.07, 6.45) is 1.12. The van der Waals surface area contributed by atoms with Gasteiger partial charge in [-0.1, -0.05) is 13.8 Å². The van der Waals surface area contributed by atoms with Crippen LogP contribution in [0.4, 0.5) is 9.59 Å². The van der Waals surface area contributed by atoms with Crippen LogP contribution in [-0.4, -0.2) is 41.1 Å². The van der Waals surface area contributed by atoms with Crippen molar-refractivity contribution in [2.24, 2.45) is 5.92 Å². The largest absolute Gasteiger partial charge is 0.594 e. The van der Waals surface area contributed by atoms with Gasteiger partial charge in [-0.25, -0.2) is 9.59 Å². The van der Waals surface area contributed by atoms with E-state index in [1.807, 2.05) is 13.8 Å². The van der Waals surface area contributed by atoms with E-state index in [9.17, 15) is 14.4 Å². The highest BCUT2D eigenvalue weighted by molar-refractivity contribution is 5.86. The summed E-state index contributed by atoms with van der Waals surface area (Å²) < 4.78 is 8.93. The van der Waals surface area contributed by atoms with E-state index < -0.39 is 34.5 Å². The average Bonchev–Trinajstić information content (AvgIpc) is 2.94. The summed E-state index contributed by atoms with van der Waals surface area (Å²) >= 11 is 0. The van der Waals surface area contributed by atoms with E-state index in [1.165, 1.54) is 12.5 Å². The maximum atomic E-state index is 13.0. The molecule has 1 aliphatic heterocycles. The molecule has 0 bridgehead atoms. The maximum absolute atomic E-state index is 13.0. The molecule has 0 fully saturated rings. The fraction of sp³-hybridized carbons (Fsp3) is 0.688. The van der Waals surface area contributed by atoms with Crippen LogP contribution in [0.15, 0.2) is 12.5 Å². The highest BCUT2D eigenvalue weighted by atomic mass is 16.8. The minimum absolute atomic E-state index is 0.0710. The van der Waals surface area contributed by atoms with Crippen LogP contribution in [0, 0.1) is 5.92 Å². The van der Waals surface area contributed by atoms with Gasteiger partial charge in [-0.05, 0) is 40.0 Å². The van der Waals surface area contributed by atoms with Crippen molar-refractivity contribution in [3.8, 4) is 0 Å². The number of ether oxygens (including phenoxy) is 2. The average molecular weight is 358 g/mol.